The highest BCUT2D eigenvalue weighted by Gasteiger charge is 2.47. The topological polar surface area (TPSA) is 57.6 Å². The number of likely N-dealkylation sites (tertiary alicyclic amines) is 1. The highest BCUT2D eigenvalue weighted by atomic mass is 16.3. The van der Waals surface area contributed by atoms with Gasteiger partial charge in [-0.25, -0.2) is 0 Å². The van der Waals surface area contributed by atoms with E-state index in [2.05, 4.69) is 0 Å². The lowest BCUT2D eigenvalue weighted by Gasteiger charge is -2.26. The normalized spacial score (nSPS) is 24.0. The average molecular weight is 289 g/mol. The van der Waals surface area contributed by atoms with Crippen molar-refractivity contribution in [3.63, 3.8) is 0 Å². The Kier molecular flexibility index (Phi) is 4.19. The Morgan fingerprint density at radius 3 is 2.38 bits per heavy atom. The van der Waals surface area contributed by atoms with Gasteiger partial charge in [0, 0.05) is 11.5 Å². The highest BCUT2D eigenvalue weighted by Crippen LogP contribution is 2.37. The van der Waals surface area contributed by atoms with Crippen LogP contribution in [0.1, 0.15) is 45.8 Å². The standard InChI is InChI=1S/C17H23NO3/c1-11-10-17(3,4)16(21)18(11)15(20)12(2)14(19)13-8-6-5-7-9-13/h5-9,11-12,14,19H,10H2,1-4H3/t11-,12-,14-/m1/s1. The molecule has 1 heterocycles. The Hall–Kier alpha value is -1.68. The number of amides is 2. The van der Waals surface area contributed by atoms with E-state index in [9.17, 15) is 14.7 Å². The van der Waals surface area contributed by atoms with Gasteiger partial charge in [0.15, 0.2) is 0 Å². The fourth-order valence-electron chi connectivity index (χ4n) is 3.05. The molecule has 1 aromatic rings. The van der Waals surface area contributed by atoms with Crippen molar-refractivity contribution >= 4 is 11.8 Å². The zero-order valence-electron chi connectivity index (χ0n) is 13.0. The van der Waals surface area contributed by atoms with Crippen molar-refractivity contribution in [1.82, 2.24) is 4.90 Å². The van der Waals surface area contributed by atoms with Gasteiger partial charge in [0.1, 0.15) is 0 Å². The molecule has 1 aliphatic rings. The van der Waals surface area contributed by atoms with Gasteiger partial charge >= 0.3 is 0 Å². The Balaban J connectivity index is 2.18. The first-order valence-corrected chi connectivity index (χ1v) is 7.36. The van der Waals surface area contributed by atoms with Gasteiger partial charge in [-0.2, -0.15) is 0 Å². The zero-order chi connectivity index (χ0) is 15.8. The Bertz CT molecular complexity index is 538. The van der Waals surface area contributed by atoms with Crippen LogP contribution in [0.25, 0.3) is 0 Å². The van der Waals surface area contributed by atoms with E-state index < -0.39 is 17.4 Å². The first-order valence-electron chi connectivity index (χ1n) is 7.36. The zero-order valence-corrected chi connectivity index (χ0v) is 13.0. The number of carbonyl (C=O) groups excluding carboxylic acids is 2. The summed E-state index contributed by atoms with van der Waals surface area (Å²) in [4.78, 5) is 26.3. The molecule has 114 valence electrons. The quantitative estimate of drug-likeness (QED) is 0.930. The molecule has 2 rings (SSSR count). The molecule has 4 heteroatoms. The highest BCUT2D eigenvalue weighted by molar-refractivity contribution is 6.00. The van der Waals surface area contributed by atoms with Gasteiger partial charge in [0.05, 0.1) is 12.0 Å². The number of hydrogen-bond acceptors (Lipinski definition) is 3. The fraction of sp³-hybridized carbons (Fsp3) is 0.529. The van der Waals surface area contributed by atoms with E-state index in [1.807, 2.05) is 39.0 Å². The molecule has 0 radical (unpaired) electrons. The lowest BCUT2D eigenvalue weighted by atomic mass is 9.90. The predicted molar refractivity (Wildman–Crippen MR) is 80.3 cm³/mol. The van der Waals surface area contributed by atoms with Crippen molar-refractivity contribution in [1.29, 1.82) is 0 Å². The molecular formula is C17H23NO3. The number of rotatable bonds is 3. The van der Waals surface area contributed by atoms with E-state index in [4.69, 9.17) is 0 Å². The summed E-state index contributed by atoms with van der Waals surface area (Å²) in [6, 6.07) is 8.95. The van der Waals surface area contributed by atoms with Crippen LogP contribution >= 0.6 is 0 Å². The van der Waals surface area contributed by atoms with Crippen molar-refractivity contribution < 1.29 is 14.7 Å². The molecule has 1 saturated heterocycles. The van der Waals surface area contributed by atoms with Crippen molar-refractivity contribution in [3.05, 3.63) is 35.9 Å². The fourth-order valence-corrected chi connectivity index (χ4v) is 3.05. The number of hydrogen-bond donors (Lipinski definition) is 1. The number of carbonyl (C=O) groups is 2. The molecule has 1 fully saturated rings. The molecule has 1 aliphatic heterocycles. The maximum atomic E-state index is 12.6. The van der Waals surface area contributed by atoms with Crippen LogP contribution in [-0.4, -0.2) is 27.9 Å². The smallest absolute Gasteiger partial charge is 0.235 e. The van der Waals surface area contributed by atoms with E-state index in [-0.39, 0.29) is 17.9 Å². The van der Waals surface area contributed by atoms with E-state index in [0.717, 1.165) is 0 Å². The van der Waals surface area contributed by atoms with Gasteiger partial charge in [0.25, 0.3) is 0 Å². The van der Waals surface area contributed by atoms with Crippen molar-refractivity contribution in [2.45, 2.75) is 46.3 Å². The van der Waals surface area contributed by atoms with E-state index in [0.29, 0.717) is 12.0 Å². The van der Waals surface area contributed by atoms with Crippen LogP contribution < -0.4 is 0 Å². The summed E-state index contributed by atoms with van der Waals surface area (Å²) in [5, 5.41) is 10.4. The second-order valence-electron chi connectivity index (χ2n) is 6.59. The largest absolute Gasteiger partial charge is 0.388 e. The molecule has 0 bridgehead atoms. The first kappa shape index (κ1) is 15.7. The summed E-state index contributed by atoms with van der Waals surface area (Å²) < 4.78 is 0. The molecule has 2 amide bonds. The number of nitrogens with zero attached hydrogens (tertiary/aromatic N) is 1. The van der Waals surface area contributed by atoms with Gasteiger partial charge in [0.2, 0.25) is 11.8 Å². The molecule has 1 aromatic carbocycles. The molecule has 0 spiro atoms. The molecule has 1 N–H and O–H groups in total. The van der Waals surface area contributed by atoms with Crippen molar-refractivity contribution in [3.8, 4) is 0 Å². The van der Waals surface area contributed by atoms with Crippen LogP contribution in [0.4, 0.5) is 0 Å². The third kappa shape index (κ3) is 2.86. The number of aliphatic hydroxyl groups excluding tert-OH is 1. The van der Waals surface area contributed by atoms with Crippen molar-refractivity contribution in [2.75, 3.05) is 0 Å². The van der Waals surface area contributed by atoms with Gasteiger partial charge in [-0.05, 0) is 18.9 Å². The third-order valence-corrected chi connectivity index (χ3v) is 4.29. The first-order chi connectivity index (χ1) is 9.75. The summed E-state index contributed by atoms with van der Waals surface area (Å²) in [6.07, 6.45) is -0.242. The van der Waals surface area contributed by atoms with Crippen LogP contribution in [0, 0.1) is 11.3 Å². The average Bonchev–Trinajstić information content (AvgIpc) is 2.66. The molecule has 0 aromatic heterocycles. The minimum atomic E-state index is -0.901. The van der Waals surface area contributed by atoms with Crippen LogP contribution in [0.15, 0.2) is 30.3 Å². The summed E-state index contributed by atoms with van der Waals surface area (Å²) >= 11 is 0. The minimum absolute atomic E-state index is 0.120. The summed E-state index contributed by atoms with van der Waals surface area (Å²) in [5.41, 5.74) is 0.184. The molecule has 0 unspecified atom stereocenters. The SMILES string of the molecule is C[C@@H]1CC(C)(C)C(=O)N1C(=O)[C@H](C)[C@@H](O)c1ccccc1. The van der Waals surface area contributed by atoms with Crippen LogP contribution in [0.2, 0.25) is 0 Å². The van der Waals surface area contributed by atoms with Crippen LogP contribution in [-0.2, 0) is 9.59 Å². The summed E-state index contributed by atoms with van der Waals surface area (Å²) in [7, 11) is 0. The summed E-state index contributed by atoms with van der Waals surface area (Å²) in [5.74, 6) is -1.09. The molecule has 21 heavy (non-hydrogen) atoms. The summed E-state index contributed by atoms with van der Waals surface area (Å²) in [6.45, 7) is 7.27. The Morgan fingerprint density at radius 1 is 1.33 bits per heavy atom. The second kappa shape index (κ2) is 5.60. The molecule has 3 atom stereocenters. The number of benzene rings is 1. The minimum Gasteiger partial charge on any atom is -0.388 e. The maximum Gasteiger partial charge on any atom is 0.235 e. The van der Waals surface area contributed by atoms with E-state index >= 15 is 0 Å². The second-order valence-corrected chi connectivity index (χ2v) is 6.59. The maximum absolute atomic E-state index is 12.6. The number of aliphatic hydroxyl groups is 1. The molecule has 4 nitrogen and oxygen atoms in total. The van der Waals surface area contributed by atoms with Gasteiger partial charge in [-0.3, -0.25) is 14.5 Å². The monoisotopic (exact) mass is 289 g/mol. The molecule has 0 aliphatic carbocycles. The van der Waals surface area contributed by atoms with Gasteiger partial charge in [-0.1, -0.05) is 51.1 Å². The Labute approximate surface area is 125 Å². The van der Waals surface area contributed by atoms with E-state index in [1.54, 1.807) is 19.1 Å². The number of imide groups is 1. The molecule has 0 saturated carbocycles. The molecular weight excluding hydrogens is 266 g/mol. The van der Waals surface area contributed by atoms with Gasteiger partial charge in [-0.15, -0.1) is 0 Å². The Morgan fingerprint density at radius 2 is 1.90 bits per heavy atom. The van der Waals surface area contributed by atoms with Crippen LogP contribution in [0.5, 0.6) is 0 Å². The lowest BCUT2D eigenvalue weighted by Crippen LogP contribution is -2.43. The van der Waals surface area contributed by atoms with Crippen LogP contribution in [0.3, 0.4) is 0 Å². The van der Waals surface area contributed by atoms with Gasteiger partial charge < -0.3 is 5.11 Å². The lowest BCUT2D eigenvalue weighted by molar-refractivity contribution is -0.151. The van der Waals surface area contributed by atoms with Crippen molar-refractivity contribution in [2.24, 2.45) is 11.3 Å². The predicted octanol–water partition coefficient (Wildman–Crippen LogP) is 2.53. The van der Waals surface area contributed by atoms with E-state index in [1.165, 1.54) is 4.90 Å². The third-order valence-electron chi connectivity index (χ3n) is 4.29.